The summed E-state index contributed by atoms with van der Waals surface area (Å²) in [5.74, 6) is -0.740. The van der Waals surface area contributed by atoms with Crippen molar-refractivity contribution in [3.63, 3.8) is 0 Å². The minimum atomic E-state index is -0.518. The van der Waals surface area contributed by atoms with Gasteiger partial charge in [-0.3, -0.25) is 4.79 Å². The Labute approximate surface area is 106 Å². The maximum Gasteiger partial charge on any atom is 0.253 e. The summed E-state index contributed by atoms with van der Waals surface area (Å²) in [6, 6.07) is 2.61. The molecule has 1 aromatic rings. The summed E-state index contributed by atoms with van der Waals surface area (Å²) in [6.07, 6.45) is 0.0393. The molecule has 0 aliphatic heterocycles. The topological polar surface area (TPSA) is 66.6 Å². The number of aryl methyl sites for hydroxylation is 1. The molecule has 1 unspecified atom stereocenters. The van der Waals surface area contributed by atoms with Crippen LogP contribution >= 0.6 is 0 Å². The van der Waals surface area contributed by atoms with Crippen molar-refractivity contribution in [3.05, 3.63) is 29.1 Å². The third kappa shape index (κ3) is 3.43. The van der Waals surface area contributed by atoms with E-state index in [4.69, 9.17) is 5.73 Å². The van der Waals surface area contributed by atoms with Gasteiger partial charge in [-0.05, 0) is 38.0 Å². The predicted molar refractivity (Wildman–Crippen MR) is 68.8 cm³/mol. The predicted octanol–water partition coefficient (Wildman–Crippen LogP) is 1.56. The van der Waals surface area contributed by atoms with Crippen LogP contribution < -0.4 is 5.73 Å². The number of aliphatic hydroxyl groups excluding tert-OH is 1. The Bertz CT molecular complexity index is 447. The lowest BCUT2D eigenvalue weighted by Gasteiger charge is -2.19. The van der Waals surface area contributed by atoms with Crippen molar-refractivity contribution in [2.45, 2.75) is 26.4 Å². The number of hydrogen-bond acceptors (Lipinski definition) is 3. The van der Waals surface area contributed by atoms with E-state index in [0.717, 1.165) is 0 Å². The van der Waals surface area contributed by atoms with Gasteiger partial charge in [0.25, 0.3) is 5.91 Å². The molecule has 1 amide bonds. The molecular weight excluding hydrogens is 235 g/mol. The molecule has 0 spiro atoms. The van der Waals surface area contributed by atoms with Crippen LogP contribution in [0.3, 0.4) is 0 Å². The number of nitrogens with zero attached hydrogens (tertiary/aromatic N) is 1. The van der Waals surface area contributed by atoms with Gasteiger partial charge in [-0.15, -0.1) is 0 Å². The molecule has 0 fully saturated rings. The molecule has 0 heterocycles. The van der Waals surface area contributed by atoms with Crippen LogP contribution in [0, 0.1) is 12.7 Å². The molecule has 0 radical (unpaired) electrons. The number of hydrogen-bond donors (Lipinski definition) is 2. The number of nitrogen functional groups attached to an aromatic ring is 1. The maximum atomic E-state index is 13.2. The molecule has 1 aromatic carbocycles. The molecule has 4 nitrogen and oxygen atoms in total. The van der Waals surface area contributed by atoms with Gasteiger partial charge in [0.15, 0.2) is 0 Å². The van der Waals surface area contributed by atoms with Crippen molar-refractivity contribution >= 4 is 11.6 Å². The zero-order valence-corrected chi connectivity index (χ0v) is 10.9. The fourth-order valence-electron chi connectivity index (χ4n) is 1.61. The number of benzene rings is 1. The number of nitrogens with two attached hydrogens (primary N) is 1. The number of aliphatic hydroxyl groups is 1. The molecule has 0 saturated heterocycles. The summed E-state index contributed by atoms with van der Waals surface area (Å²) >= 11 is 0. The van der Waals surface area contributed by atoms with Crippen LogP contribution in [0.25, 0.3) is 0 Å². The fraction of sp³-hybridized carbons (Fsp3) is 0.462. The van der Waals surface area contributed by atoms with Crippen molar-refractivity contribution in [1.29, 1.82) is 0 Å². The minimum Gasteiger partial charge on any atom is -0.396 e. The van der Waals surface area contributed by atoms with Gasteiger partial charge in [0.05, 0.1) is 11.8 Å². The van der Waals surface area contributed by atoms with Gasteiger partial charge in [0.2, 0.25) is 0 Å². The lowest BCUT2D eigenvalue weighted by molar-refractivity contribution is 0.0768. The second kappa shape index (κ2) is 5.82. The summed E-state index contributed by atoms with van der Waals surface area (Å²) in [4.78, 5) is 13.6. The van der Waals surface area contributed by atoms with Crippen molar-refractivity contribution in [3.8, 4) is 0 Å². The van der Waals surface area contributed by atoms with Gasteiger partial charge < -0.3 is 15.7 Å². The van der Waals surface area contributed by atoms with Crippen LogP contribution in [0.5, 0.6) is 0 Å². The number of carbonyl (C=O) groups excluding carboxylic acids is 1. The molecule has 0 aliphatic rings. The summed E-state index contributed by atoms with van der Waals surface area (Å²) in [6.45, 7) is 3.77. The molecule has 0 saturated carbocycles. The zero-order valence-electron chi connectivity index (χ0n) is 10.9. The molecule has 0 aromatic heterocycles. The average Bonchev–Trinajstić information content (AvgIpc) is 2.29. The van der Waals surface area contributed by atoms with Gasteiger partial charge in [-0.25, -0.2) is 4.39 Å². The molecule has 100 valence electrons. The van der Waals surface area contributed by atoms with E-state index >= 15 is 0 Å². The number of anilines is 1. The number of amides is 1. The Hall–Kier alpha value is -1.62. The van der Waals surface area contributed by atoms with Crippen molar-refractivity contribution in [1.82, 2.24) is 4.90 Å². The quantitative estimate of drug-likeness (QED) is 0.801. The lowest BCUT2D eigenvalue weighted by Crippen LogP contribution is -2.30. The first-order chi connectivity index (χ1) is 8.32. The minimum absolute atomic E-state index is 0.0344. The number of rotatable bonds is 4. The highest BCUT2D eigenvalue weighted by molar-refractivity contribution is 5.96. The van der Waals surface area contributed by atoms with Gasteiger partial charge in [-0.1, -0.05) is 0 Å². The Morgan fingerprint density at radius 1 is 1.56 bits per heavy atom. The third-order valence-corrected chi connectivity index (χ3v) is 2.80. The molecule has 1 rings (SSSR count). The third-order valence-electron chi connectivity index (χ3n) is 2.80. The molecule has 3 N–H and O–H groups in total. The van der Waals surface area contributed by atoms with E-state index < -0.39 is 11.9 Å². The second-order valence-corrected chi connectivity index (χ2v) is 4.55. The molecule has 1 atom stereocenters. The molecule has 0 aliphatic carbocycles. The van der Waals surface area contributed by atoms with Crippen LogP contribution in [-0.4, -0.2) is 35.6 Å². The zero-order chi connectivity index (χ0) is 13.9. The first-order valence-corrected chi connectivity index (χ1v) is 5.82. The van der Waals surface area contributed by atoms with Crippen molar-refractivity contribution in [2.24, 2.45) is 0 Å². The van der Waals surface area contributed by atoms with Gasteiger partial charge in [0.1, 0.15) is 5.82 Å². The number of carbonyl (C=O) groups is 1. The largest absolute Gasteiger partial charge is 0.396 e. The molecule has 18 heavy (non-hydrogen) atoms. The van der Waals surface area contributed by atoms with Crippen molar-refractivity contribution < 1.29 is 14.3 Å². The Morgan fingerprint density at radius 2 is 2.17 bits per heavy atom. The monoisotopic (exact) mass is 254 g/mol. The highest BCUT2D eigenvalue weighted by atomic mass is 19.1. The van der Waals surface area contributed by atoms with Crippen LogP contribution in [0.2, 0.25) is 0 Å². The van der Waals surface area contributed by atoms with Gasteiger partial charge in [0, 0.05) is 19.2 Å². The van der Waals surface area contributed by atoms with Crippen LogP contribution in [0.15, 0.2) is 12.1 Å². The SMILES string of the molecule is Cc1cc(F)c(N)cc1C(=O)N(C)CCC(C)O. The van der Waals surface area contributed by atoms with E-state index in [1.807, 2.05) is 0 Å². The molecular formula is C13H19FN2O2. The van der Waals surface area contributed by atoms with Crippen LogP contribution in [-0.2, 0) is 0 Å². The van der Waals surface area contributed by atoms with E-state index in [2.05, 4.69) is 0 Å². The van der Waals surface area contributed by atoms with Gasteiger partial charge in [-0.2, -0.15) is 0 Å². The summed E-state index contributed by atoms with van der Waals surface area (Å²) in [5.41, 5.74) is 6.37. The molecule has 5 heteroatoms. The summed E-state index contributed by atoms with van der Waals surface area (Å²) < 4.78 is 13.2. The highest BCUT2D eigenvalue weighted by Gasteiger charge is 2.16. The lowest BCUT2D eigenvalue weighted by atomic mass is 10.1. The van der Waals surface area contributed by atoms with E-state index in [0.29, 0.717) is 24.1 Å². The Balaban J connectivity index is 2.87. The smallest absolute Gasteiger partial charge is 0.253 e. The summed E-state index contributed by atoms with van der Waals surface area (Å²) in [7, 11) is 1.64. The van der Waals surface area contributed by atoms with Crippen LogP contribution in [0.1, 0.15) is 29.3 Å². The first kappa shape index (κ1) is 14.4. The Morgan fingerprint density at radius 3 is 2.72 bits per heavy atom. The highest BCUT2D eigenvalue weighted by Crippen LogP contribution is 2.18. The van der Waals surface area contributed by atoms with Crippen molar-refractivity contribution in [2.75, 3.05) is 19.3 Å². The number of halogens is 1. The Kier molecular flexibility index (Phi) is 4.67. The first-order valence-electron chi connectivity index (χ1n) is 5.82. The fourth-order valence-corrected chi connectivity index (χ4v) is 1.61. The van der Waals surface area contributed by atoms with E-state index in [1.54, 1.807) is 20.9 Å². The normalized spacial score (nSPS) is 12.3. The van der Waals surface area contributed by atoms with E-state index in [9.17, 15) is 14.3 Å². The second-order valence-electron chi connectivity index (χ2n) is 4.55. The van der Waals surface area contributed by atoms with Crippen LogP contribution in [0.4, 0.5) is 10.1 Å². The molecule has 0 bridgehead atoms. The van der Waals surface area contributed by atoms with E-state index in [1.165, 1.54) is 17.0 Å². The average molecular weight is 254 g/mol. The summed E-state index contributed by atoms with van der Waals surface area (Å²) in [5, 5.41) is 9.18. The maximum absolute atomic E-state index is 13.2. The van der Waals surface area contributed by atoms with Gasteiger partial charge >= 0.3 is 0 Å². The van der Waals surface area contributed by atoms with E-state index in [-0.39, 0.29) is 11.6 Å². The standard InChI is InChI=1S/C13H19FN2O2/c1-8-6-11(14)12(15)7-10(8)13(18)16(3)5-4-9(2)17/h6-7,9,17H,4-5,15H2,1-3H3.